The molecule has 0 aliphatic carbocycles. The van der Waals surface area contributed by atoms with Gasteiger partial charge in [0.1, 0.15) is 5.69 Å². The van der Waals surface area contributed by atoms with Crippen molar-refractivity contribution in [1.29, 1.82) is 0 Å². The number of benzene rings is 1. The molecule has 3 heteroatoms. The summed E-state index contributed by atoms with van der Waals surface area (Å²) in [6.07, 6.45) is 1.44. The Balaban J connectivity index is 2.63. The van der Waals surface area contributed by atoms with Gasteiger partial charge in [0.15, 0.2) is 12.2 Å². The van der Waals surface area contributed by atoms with Crippen LogP contribution >= 0.6 is 11.6 Å². The van der Waals surface area contributed by atoms with Gasteiger partial charge in [0, 0.05) is 5.56 Å². The molecule has 2 rings (SSSR count). The van der Waals surface area contributed by atoms with Gasteiger partial charge in [-0.2, -0.15) is 0 Å². The molecule has 0 aliphatic heterocycles. The quantitative estimate of drug-likeness (QED) is 0.723. The molecule has 1 aromatic heterocycles. The van der Waals surface area contributed by atoms with Crippen molar-refractivity contribution in [3.63, 3.8) is 0 Å². The Kier molecular flexibility index (Phi) is 2.78. The van der Waals surface area contributed by atoms with Gasteiger partial charge in [-0.15, -0.1) is 11.6 Å². The number of alkyl halides is 1. The van der Waals surface area contributed by atoms with Crippen molar-refractivity contribution in [1.82, 2.24) is 4.98 Å². The Morgan fingerprint density at radius 1 is 1.27 bits per heavy atom. The SMILES string of the molecule is Cc1cccc(C)c1-c1ocnc1CCl. The molecule has 0 fully saturated rings. The molecular weight excluding hydrogens is 210 g/mol. The van der Waals surface area contributed by atoms with Gasteiger partial charge in [0.05, 0.1) is 5.88 Å². The number of oxazole rings is 1. The maximum atomic E-state index is 5.81. The molecule has 2 aromatic rings. The van der Waals surface area contributed by atoms with Crippen LogP contribution in [0.4, 0.5) is 0 Å². The van der Waals surface area contributed by atoms with Gasteiger partial charge >= 0.3 is 0 Å². The van der Waals surface area contributed by atoms with Crippen molar-refractivity contribution in [3.05, 3.63) is 41.4 Å². The largest absolute Gasteiger partial charge is 0.443 e. The molecule has 0 saturated heterocycles. The highest BCUT2D eigenvalue weighted by Gasteiger charge is 2.13. The third kappa shape index (κ3) is 1.77. The smallest absolute Gasteiger partial charge is 0.181 e. The number of halogens is 1. The highest BCUT2D eigenvalue weighted by Crippen LogP contribution is 2.30. The summed E-state index contributed by atoms with van der Waals surface area (Å²) in [7, 11) is 0. The molecule has 0 bridgehead atoms. The molecule has 0 saturated carbocycles. The van der Waals surface area contributed by atoms with Crippen LogP contribution in [0, 0.1) is 13.8 Å². The minimum Gasteiger partial charge on any atom is -0.443 e. The number of rotatable bonds is 2. The lowest BCUT2D eigenvalue weighted by atomic mass is 10.00. The summed E-state index contributed by atoms with van der Waals surface area (Å²) in [6, 6.07) is 6.15. The molecule has 0 aliphatic rings. The van der Waals surface area contributed by atoms with E-state index in [0.29, 0.717) is 5.88 Å². The van der Waals surface area contributed by atoms with Crippen molar-refractivity contribution < 1.29 is 4.42 Å². The van der Waals surface area contributed by atoms with Crippen LogP contribution in [0.15, 0.2) is 29.0 Å². The summed E-state index contributed by atoms with van der Waals surface area (Å²) in [5.74, 6) is 1.17. The fraction of sp³-hybridized carbons (Fsp3) is 0.250. The van der Waals surface area contributed by atoms with Gasteiger partial charge in [-0.1, -0.05) is 18.2 Å². The van der Waals surface area contributed by atoms with Crippen LogP contribution in [-0.4, -0.2) is 4.98 Å². The Hall–Kier alpha value is -1.28. The van der Waals surface area contributed by atoms with Gasteiger partial charge in [0.2, 0.25) is 0 Å². The zero-order valence-electron chi connectivity index (χ0n) is 8.75. The normalized spacial score (nSPS) is 10.6. The predicted octanol–water partition coefficient (Wildman–Crippen LogP) is 3.70. The Morgan fingerprint density at radius 3 is 2.53 bits per heavy atom. The number of nitrogens with zero attached hydrogens (tertiary/aromatic N) is 1. The van der Waals surface area contributed by atoms with E-state index in [1.165, 1.54) is 17.5 Å². The number of aromatic nitrogens is 1. The monoisotopic (exact) mass is 221 g/mol. The molecule has 15 heavy (non-hydrogen) atoms. The lowest BCUT2D eigenvalue weighted by molar-refractivity contribution is 0.570. The van der Waals surface area contributed by atoms with Crippen LogP contribution in [0.1, 0.15) is 16.8 Å². The van der Waals surface area contributed by atoms with Crippen LogP contribution in [0.25, 0.3) is 11.3 Å². The van der Waals surface area contributed by atoms with E-state index in [-0.39, 0.29) is 0 Å². The number of hydrogen-bond donors (Lipinski definition) is 0. The first-order valence-electron chi connectivity index (χ1n) is 4.79. The van der Waals surface area contributed by atoms with Crippen molar-refractivity contribution >= 4 is 11.6 Å². The third-order valence-corrected chi connectivity index (χ3v) is 2.73. The van der Waals surface area contributed by atoms with Gasteiger partial charge in [-0.3, -0.25) is 0 Å². The van der Waals surface area contributed by atoms with E-state index in [1.807, 2.05) is 6.07 Å². The van der Waals surface area contributed by atoms with E-state index in [9.17, 15) is 0 Å². The fourth-order valence-electron chi connectivity index (χ4n) is 1.74. The zero-order valence-corrected chi connectivity index (χ0v) is 9.51. The highest BCUT2D eigenvalue weighted by molar-refractivity contribution is 6.17. The minimum atomic E-state index is 0.375. The first-order chi connectivity index (χ1) is 7.24. The summed E-state index contributed by atoms with van der Waals surface area (Å²) in [5, 5.41) is 0. The second-order valence-corrected chi connectivity index (χ2v) is 3.80. The van der Waals surface area contributed by atoms with E-state index in [0.717, 1.165) is 17.0 Å². The molecule has 0 radical (unpaired) electrons. The van der Waals surface area contributed by atoms with Crippen LogP contribution in [0.3, 0.4) is 0 Å². The maximum absolute atomic E-state index is 5.81. The second-order valence-electron chi connectivity index (χ2n) is 3.53. The van der Waals surface area contributed by atoms with E-state index in [2.05, 4.69) is 31.0 Å². The lowest BCUT2D eigenvalue weighted by Crippen LogP contribution is -1.89. The van der Waals surface area contributed by atoms with E-state index >= 15 is 0 Å². The molecule has 78 valence electrons. The van der Waals surface area contributed by atoms with Crippen LogP contribution in [0.2, 0.25) is 0 Å². The lowest BCUT2D eigenvalue weighted by Gasteiger charge is -2.07. The molecular formula is C12H12ClNO. The highest BCUT2D eigenvalue weighted by atomic mass is 35.5. The van der Waals surface area contributed by atoms with Crippen molar-refractivity contribution in [3.8, 4) is 11.3 Å². The Bertz CT molecular complexity index is 456. The standard InChI is InChI=1S/C12H12ClNO/c1-8-4-3-5-9(2)11(8)12-10(6-13)14-7-15-12/h3-5,7H,6H2,1-2H3. The Morgan fingerprint density at radius 2 is 1.93 bits per heavy atom. The minimum absolute atomic E-state index is 0.375. The Labute approximate surface area is 93.9 Å². The first-order valence-corrected chi connectivity index (χ1v) is 5.32. The fourth-order valence-corrected chi connectivity index (χ4v) is 1.93. The average Bonchev–Trinajstić information content (AvgIpc) is 2.65. The summed E-state index contributed by atoms with van der Waals surface area (Å²) in [5.41, 5.74) is 4.26. The van der Waals surface area contributed by atoms with Gasteiger partial charge < -0.3 is 4.42 Å². The van der Waals surface area contributed by atoms with E-state index in [4.69, 9.17) is 16.0 Å². The summed E-state index contributed by atoms with van der Waals surface area (Å²) < 4.78 is 5.41. The molecule has 1 aromatic carbocycles. The van der Waals surface area contributed by atoms with E-state index < -0.39 is 0 Å². The van der Waals surface area contributed by atoms with Crippen LogP contribution < -0.4 is 0 Å². The topological polar surface area (TPSA) is 26.0 Å². The van der Waals surface area contributed by atoms with E-state index in [1.54, 1.807) is 0 Å². The van der Waals surface area contributed by atoms with Gasteiger partial charge in [0.25, 0.3) is 0 Å². The summed E-state index contributed by atoms with van der Waals surface area (Å²) in [6.45, 7) is 4.12. The molecule has 0 amide bonds. The van der Waals surface area contributed by atoms with Crippen molar-refractivity contribution in [2.75, 3.05) is 0 Å². The maximum Gasteiger partial charge on any atom is 0.181 e. The zero-order chi connectivity index (χ0) is 10.8. The van der Waals surface area contributed by atoms with Crippen molar-refractivity contribution in [2.24, 2.45) is 0 Å². The van der Waals surface area contributed by atoms with Gasteiger partial charge in [-0.05, 0) is 25.0 Å². The number of aryl methyl sites for hydroxylation is 2. The third-order valence-electron chi connectivity index (χ3n) is 2.48. The predicted molar refractivity (Wildman–Crippen MR) is 61.0 cm³/mol. The number of hydrogen-bond acceptors (Lipinski definition) is 2. The molecule has 1 heterocycles. The second kappa shape index (κ2) is 4.07. The average molecular weight is 222 g/mol. The summed E-state index contributed by atoms with van der Waals surface area (Å²) >= 11 is 5.81. The first kappa shape index (κ1) is 10.2. The van der Waals surface area contributed by atoms with Crippen molar-refractivity contribution in [2.45, 2.75) is 19.7 Å². The van der Waals surface area contributed by atoms with Gasteiger partial charge in [-0.25, -0.2) is 4.98 Å². The molecule has 0 atom stereocenters. The molecule has 2 nitrogen and oxygen atoms in total. The van der Waals surface area contributed by atoms with Crippen LogP contribution in [0.5, 0.6) is 0 Å². The molecule has 0 N–H and O–H groups in total. The molecule has 0 spiro atoms. The van der Waals surface area contributed by atoms with Crippen LogP contribution in [-0.2, 0) is 5.88 Å². The summed E-state index contributed by atoms with van der Waals surface area (Å²) in [4.78, 5) is 4.09. The molecule has 0 unspecified atom stereocenters.